The van der Waals surface area contributed by atoms with Crippen molar-refractivity contribution in [3.63, 3.8) is 0 Å². The summed E-state index contributed by atoms with van der Waals surface area (Å²) in [6, 6.07) is 12.0. The van der Waals surface area contributed by atoms with E-state index in [-0.39, 0.29) is 30.6 Å². The zero-order valence-corrected chi connectivity index (χ0v) is 16.6. The molecule has 0 spiro atoms. The summed E-state index contributed by atoms with van der Waals surface area (Å²) in [6.45, 7) is 3.94. The molecule has 11 heteroatoms. The standard InChI is InChI=1S/C16H21BN2O6S2/c1-3-18-26(20,21)15-9-5-7-13(11-15)24-17-25-14-8-6-10-16(12-14)27(22,23)19-4-2/h5-12,17-19H,3-4H2,1-2H3. The van der Waals surface area contributed by atoms with Crippen LogP contribution in [0.4, 0.5) is 0 Å². The van der Waals surface area contributed by atoms with Crippen molar-refractivity contribution < 1.29 is 26.1 Å². The predicted molar refractivity (Wildman–Crippen MR) is 103 cm³/mol. The smallest absolute Gasteiger partial charge is 0.528 e. The second kappa shape index (κ2) is 9.22. The van der Waals surface area contributed by atoms with Gasteiger partial charge < -0.3 is 9.31 Å². The second-order valence-electron chi connectivity index (χ2n) is 5.36. The molecule has 0 heterocycles. The van der Waals surface area contributed by atoms with Crippen molar-refractivity contribution in [2.24, 2.45) is 0 Å². The van der Waals surface area contributed by atoms with E-state index in [1.807, 2.05) is 0 Å². The third kappa shape index (κ3) is 5.96. The van der Waals surface area contributed by atoms with Crippen LogP contribution in [0.5, 0.6) is 11.5 Å². The van der Waals surface area contributed by atoms with Crippen LogP contribution >= 0.6 is 0 Å². The van der Waals surface area contributed by atoms with Gasteiger partial charge in [0, 0.05) is 13.1 Å². The molecule has 0 saturated heterocycles. The van der Waals surface area contributed by atoms with Gasteiger partial charge in [0.15, 0.2) is 0 Å². The Morgan fingerprint density at radius 3 is 1.56 bits per heavy atom. The number of benzene rings is 2. The molecule has 0 atom stereocenters. The Kier molecular flexibility index (Phi) is 7.25. The Balaban J connectivity index is 2.03. The Hall–Kier alpha value is -2.08. The van der Waals surface area contributed by atoms with Gasteiger partial charge >= 0.3 is 7.69 Å². The van der Waals surface area contributed by atoms with E-state index >= 15 is 0 Å². The first-order valence-corrected chi connectivity index (χ1v) is 11.2. The molecule has 0 saturated carbocycles. The number of nitrogens with one attached hydrogen (secondary N) is 2. The van der Waals surface area contributed by atoms with E-state index in [1.165, 1.54) is 24.3 Å². The highest BCUT2D eigenvalue weighted by Crippen LogP contribution is 2.19. The van der Waals surface area contributed by atoms with E-state index in [2.05, 4.69) is 9.44 Å². The zero-order valence-electron chi connectivity index (χ0n) is 15.0. The van der Waals surface area contributed by atoms with Crippen molar-refractivity contribution in [2.75, 3.05) is 13.1 Å². The molecule has 0 amide bonds. The average molecular weight is 412 g/mol. The van der Waals surface area contributed by atoms with Gasteiger partial charge in [-0.3, -0.25) is 0 Å². The Bertz CT molecular complexity index is 900. The normalized spacial score (nSPS) is 11.8. The minimum atomic E-state index is -3.58. The summed E-state index contributed by atoms with van der Waals surface area (Å²) in [4.78, 5) is 0.168. The van der Waals surface area contributed by atoms with Gasteiger partial charge in [-0.2, -0.15) is 0 Å². The summed E-state index contributed by atoms with van der Waals surface area (Å²) in [7, 11) is -7.38. The molecule has 0 radical (unpaired) electrons. The lowest BCUT2D eigenvalue weighted by atomic mass is 10.3. The van der Waals surface area contributed by atoms with E-state index in [1.54, 1.807) is 38.1 Å². The molecule has 2 aromatic rings. The Labute approximate surface area is 160 Å². The van der Waals surface area contributed by atoms with E-state index in [0.29, 0.717) is 11.5 Å². The fourth-order valence-corrected chi connectivity index (χ4v) is 4.33. The molecule has 0 aliphatic rings. The van der Waals surface area contributed by atoms with Crippen LogP contribution in [0.2, 0.25) is 0 Å². The molecule has 0 aromatic heterocycles. The topological polar surface area (TPSA) is 111 Å². The van der Waals surface area contributed by atoms with E-state index < -0.39 is 20.0 Å². The van der Waals surface area contributed by atoms with Crippen LogP contribution in [0, 0.1) is 0 Å². The maximum absolute atomic E-state index is 12.0. The SMILES string of the molecule is CCNS(=O)(=O)c1cccc(OBOc2cccc(S(=O)(=O)NCC)c2)c1. The lowest BCUT2D eigenvalue weighted by molar-refractivity contribution is 0.457. The summed E-state index contributed by atoms with van der Waals surface area (Å²) >= 11 is 0. The minimum absolute atomic E-state index is 0.0839. The summed E-state index contributed by atoms with van der Waals surface area (Å²) in [6.07, 6.45) is 0. The predicted octanol–water partition coefficient (Wildman–Crippen LogP) is 1.01. The fraction of sp³-hybridized carbons (Fsp3) is 0.250. The molecule has 0 bridgehead atoms. The van der Waals surface area contributed by atoms with Gasteiger partial charge in [-0.1, -0.05) is 26.0 Å². The van der Waals surface area contributed by atoms with Crippen molar-refractivity contribution in [3.05, 3.63) is 48.5 Å². The third-order valence-corrected chi connectivity index (χ3v) is 6.44. The van der Waals surface area contributed by atoms with Gasteiger partial charge in [0.1, 0.15) is 11.5 Å². The lowest BCUT2D eigenvalue weighted by Crippen LogP contribution is -2.23. The first-order chi connectivity index (χ1) is 12.8. The Morgan fingerprint density at radius 2 is 1.19 bits per heavy atom. The van der Waals surface area contributed by atoms with Crippen LogP contribution in [0.1, 0.15) is 13.8 Å². The van der Waals surface area contributed by atoms with E-state index in [4.69, 9.17) is 9.31 Å². The van der Waals surface area contributed by atoms with Crippen molar-refractivity contribution in [3.8, 4) is 11.5 Å². The number of hydrogen-bond acceptors (Lipinski definition) is 6. The molecular weight excluding hydrogens is 391 g/mol. The summed E-state index contributed by atoms with van der Waals surface area (Å²) in [5, 5.41) is 0. The highest BCUT2D eigenvalue weighted by Gasteiger charge is 2.15. The molecule has 0 fully saturated rings. The lowest BCUT2D eigenvalue weighted by Gasteiger charge is -2.10. The van der Waals surface area contributed by atoms with Crippen LogP contribution in [0.15, 0.2) is 58.3 Å². The van der Waals surface area contributed by atoms with Crippen LogP contribution in [-0.4, -0.2) is 37.6 Å². The maximum atomic E-state index is 12.0. The van der Waals surface area contributed by atoms with Crippen LogP contribution in [0.25, 0.3) is 0 Å². The second-order valence-corrected chi connectivity index (χ2v) is 8.89. The van der Waals surface area contributed by atoms with Crippen molar-refractivity contribution >= 4 is 27.7 Å². The van der Waals surface area contributed by atoms with Gasteiger partial charge in [-0.15, -0.1) is 0 Å². The van der Waals surface area contributed by atoms with Gasteiger partial charge in [0.05, 0.1) is 9.79 Å². The molecule has 8 nitrogen and oxygen atoms in total. The monoisotopic (exact) mass is 412 g/mol. The summed E-state index contributed by atoms with van der Waals surface area (Å²) < 4.78 is 63.7. The molecule has 2 N–H and O–H groups in total. The molecule has 27 heavy (non-hydrogen) atoms. The first kappa shape index (κ1) is 21.2. The minimum Gasteiger partial charge on any atom is -0.528 e. The quantitative estimate of drug-likeness (QED) is 0.564. The number of sulfonamides is 2. The molecule has 0 unspecified atom stereocenters. The van der Waals surface area contributed by atoms with Crippen molar-refractivity contribution in [2.45, 2.75) is 23.6 Å². The summed E-state index contributed by atoms with van der Waals surface area (Å²) in [5.74, 6) is 0.621. The Morgan fingerprint density at radius 1 is 0.778 bits per heavy atom. The average Bonchev–Trinajstić information content (AvgIpc) is 2.62. The number of hydrogen-bond donors (Lipinski definition) is 2. The van der Waals surface area contributed by atoms with Crippen LogP contribution in [0.3, 0.4) is 0 Å². The fourth-order valence-electron chi connectivity index (χ4n) is 2.17. The number of rotatable bonds is 10. The molecule has 0 aliphatic heterocycles. The summed E-state index contributed by atoms with van der Waals surface area (Å²) in [5.41, 5.74) is 0. The molecule has 2 aromatic carbocycles. The van der Waals surface area contributed by atoms with Crippen LogP contribution < -0.4 is 18.8 Å². The third-order valence-electron chi connectivity index (χ3n) is 3.35. The first-order valence-electron chi connectivity index (χ1n) is 8.23. The zero-order chi connectivity index (χ0) is 19.9. The van der Waals surface area contributed by atoms with Crippen molar-refractivity contribution in [1.82, 2.24) is 9.44 Å². The van der Waals surface area contributed by atoms with Crippen molar-refractivity contribution in [1.29, 1.82) is 0 Å². The molecule has 146 valence electrons. The molecular formula is C16H21BN2O6S2. The highest BCUT2D eigenvalue weighted by molar-refractivity contribution is 7.89. The van der Waals surface area contributed by atoms with Gasteiger partial charge in [0.2, 0.25) is 20.0 Å². The van der Waals surface area contributed by atoms with Gasteiger partial charge in [0.25, 0.3) is 0 Å². The maximum Gasteiger partial charge on any atom is 0.576 e. The largest absolute Gasteiger partial charge is 0.576 e. The highest BCUT2D eigenvalue weighted by atomic mass is 32.2. The molecule has 2 rings (SSSR count). The molecule has 0 aliphatic carbocycles. The van der Waals surface area contributed by atoms with Gasteiger partial charge in [-0.05, 0) is 36.4 Å². The van der Waals surface area contributed by atoms with Crippen LogP contribution in [-0.2, 0) is 20.0 Å². The van der Waals surface area contributed by atoms with E-state index in [0.717, 1.165) is 0 Å². The van der Waals surface area contributed by atoms with E-state index in [9.17, 15) is 16.8 Å². The van der Waals surface area contributed by atoms with Gasteiger partial charge in [-0.25, -0.2) is 26.3 Å².